The summed E-state index contributed by atoms with van der Waals surface area (Å²) in [6.45, 7) is 2.46. The fraction of sp³-hybridized carbons (Fsp3) is 0.263. The van der Waals surface area contributed by atoms with Gasteiger partial charge in [-0.05, 0) is 30.7 Å². The second-order valence-corrected chi connectivity index (χ2v) is 6.48. The normalized spacial score (nSPS) is 11.5. The van der Waals surface area contributed by atoms with Gasteiger partial charge in [-0.3, -0.25) is 15.2 Å². The molecule has 8 nitrogen and oxygen atoms in total. The molecular formula is C19H19F3N6O2. The first-order chi connectivity index (χ1) is 14.3. The van der Waals surface area contributed by atoms with E-state index in [2.05, 4.69) is 20.7 Å². The summed E-state index contributed by atoms with van der Waals surface area (Å²) in [5.41, 5.74) is -0.793. The molecule has 3 rings (SSSR count). The van der Waals surface area contributed by atoms with E-state index in [1.165, 1.54) is 6.20 Å². The van der Waals surface area contributed by atoms with Crippen molar-refractivity contribution in [1.29, 1.82) is 5.41 Å². The largest absolute Gasteiger partial charge is 0.416 e. The summed E-state index contributed by atoms with van der Waals surface area (Å²) in [5, 5.41) is 15.8. The van der Waals surface area contributed by atoms with Crippen LogP contribution in [0.15, 0.2) is 35.3 Å². The minimum Gasteiger partial charge on any atom is -0.338 e. The van der Waals surface area contributed by atoms with E-state index < -0.39 is 23.3 Å². The number of halogens is 3. The molecule has 11 heteroatoms. The molecule has 1 aromatic carbocycles. The molecule has 0 aliphatic heterocycles. The first kappa shape index (κ1) is 21.1. The van der Waals surface area contributed by atoms with E-state index in [9.17, 15) is 22.8 Å². The highest BCUT2D eigenvalue weighted by Gasteiger charge is 2.30. The van der Waals surface area contributed by atoms with Gasteiger partial charge in [0.1, 0.15) is 5.82 Å². The average Bonchev–Trinajstić information content (AvgIpc) is 3.04. The zero-order chi connectivity index (χ0) is 21.9. The Morgan fingerprint density at radius 1 is 1.30 bits per heavy atom. The molecule has 0 radical (unpaired) electrons. The van der Waals surface area contributed by atoms with Crippen LogP contribution in [-0.2, 0) is 6.18 Å². The molecule has 4 N–H and O–H groups in total. The number of unbranched alkanes of at least 4 members (excludes halogenated alkanes) is 1. The van der Waals surface area contributed by atoms with Crippen LogP contribution in [-0.4, -0.2) is 33.6 Å². The van der Waals surface area contributed by atoms with Gasteiger partial charge < -0.3 is 10.7 Å². The summed E-state index contributed by atoms with van der Waals surface area (Å²) >= 11 is 0. The highest BCUT2D eigenvalue weighted by molar-refractivity contribution is 6.04. The number of benzene rings is 1. The molecule has 0 fully saturated rings. The smallest absolute Gasteiger partial charge is 0.338 e. The van der Waals surface area contributed by atoms with Gasteiger partial charge in [0.25, 0.3) is 5.56 Å². The summed E-state index contributed by atoms with van der Waals surface area (Å²) in [4.78, 5) is 28.7. The number of hydrogen-bond donors (Lipinski definition) is 4. The average molecular weight is 420 g/mol. The molecule has 0 saturated carbocycles. The van der Waals surface area contributed by atoms with Crippen LogP contribution in [0, 0.1) is 5.41 Å². The van der Waals surface area contributed by atoms with Crippen molar-refractivity contribution in [3.8, 4) is 5.69 Å². The molecule has 0 aliphatic carbocycles. The number of carbonyl (C=O) groups is 1. The molecule has 2 aromatic heterocycles. The maximum absolute atomic E-state index is 12.8. The van der Waals surface area contributed by atoms with Crippen molar-refractivity contribution in [3.63, 3.8) is 0 Å². The van der Waals surface area contributed by atoms with Gasteiger partial charge in [-0.15, -0.1) is 0 Å². The molecule has 0 saturated heterocycles. The van der Waals surface area contributed by atoms with Crippen molar-refractivity contribution in [2.45, 2.75) is 25.9 Å². The van der Waals surface area contributed by atoms with E-state index in [1.807, 2.05) is 6.92 Å². The van der Waals surface area contributed by atoms with Crippen LogP contribution in [0.4, 0.5) is 23.8 Å². The number of H-pyrrole nitrogens is 1. The third kappa shape index (κ3) is 4.19. The molecule has 0 aliphatic rings. The Kier molecular flexibility index (Phi) is 5.90. The third-order valence-corrected chi connectivity index (χ3v) is 4.42. The van der Waals surface area contributed by atoms with E-state index in [-0.39, 0.29) is 28.0 Å². The molecule has 0 atom stereocenters. The van der Waals surface area contributed by atoms with Gasteiger partial charge in [0.2, 0.25) is 0 Å². The van der Waals surface area contributed by atoms with E-state index in [0.717, 1.165) is 48.0 Å². The minimum absolute atomic E-state index is 0.0762. The lowest BCUT2D eigenvalue weighted by atomic mass is 10.2. The van der Waals surface area contributed by atoms with Crippen molar-refractivity contribution < 1.29 is 18.0 Å². The van der Waals surface area contributed by atoms with Gasteiger partial charge in [0.05, 0.1) is 27.7 Å². The van der Waals surface area contributed by atoms with E-state index in [1.54, 1.807) is 0 Å². The van der Waals surface area contributed by atoms with Crippen LogP contribution in [0.25, 0.3) is 16.6 Å². The number of urea groups is 1. The van der Waals surface area contributed by atoms with Gasteiger partial charge in [0.15, 0.2) is 0 Å². The molecule has 2 amide bonds. The van der Waals surface area contributed by atoms with Crippen molar-refractivity contribution >= 4 is 29.0 Å². The quantitative estimate of drug-likeness (QED) is 0.360. The predicted octanol–water partition coefficient (Wildman–Crippen LogP) is 3.65. The minimum atomic E-state index is -4.49. The zero-order valence-electron chi connectivity index (χ0n) is 15.9. The van der Waals surface area contributed by atoms with Gasteiger partial charge in [0, 0.05) is 19.0 Å². The fourth-order valence-electron chi connectivity index (χ4n) is 2.84. The standard InChI is InChI=1S/C19H19F3N6O2/c1-2-3-8-24-18(30)26-16-13(9-23)15-14(10-25-16)17(29)28(27-15)12-6-4-11(5-7-12)19(20,21)22/h4-7,9-10,23,27H,2-3,8H2,1H3,(H2,24,25,26,30). The summed E-state index contributed by atoms with van der Waals surface area (Å²) in [7, 11) is 0. The second kappa shape index (κ2) is 8.39. The van der Waals surface area contributed by atoms with Gasteiger partial charge in [-0.1, -0.05) is 13.3 Å². The van der Waals surface area contributed by atoms with Crippen LogP contribution in [0.3, 0.4) is 0 Å². The lowest BCUT2D eigenvalue weighted by molar-refractivity contribution is -0.137. The molecule has 30 heavy (non-hydrogen) atoms. The Morgan fingerprint density at radius 3 is 2.60 bits per heavy atom. The number of nitrogens with zero attached hydrogens (tertiary/aromatic N) is 2. The number of rotatable bonds is 6. The Labute approximate surface area is 168 Å². The van der Waals surface area contributed by atoms with E-state index in [4.69, 9.17) is 5.41 Å². The van der Waals surface area contributed by atoms with Gasteiger partial charge in [-0.2, -0.15) is 13.2 Å². The number of fused-ring (bicyclic) bond motifs is 1. The summed E-state index contributed by atoms with van der Waals surface area (Å²) < 4.78 is 39.4. The molecular weight excluding hydrogens is 401 g/mol. The number of hydrogen-bond acceptors (Lipinski definition) is 4. The number of aromatic nitrogens is 3. The van der Waals surface area contributed by atoms with Crippen molar-refractivity contribution in [2.24, 2.45) is 0 Å². The van der Waals surface area contributed by atoms with Crippen molar-refractivity contribution in [1.82, 2.24) is 20.1 Å². The Hall–Kier alpha value is -3.63. The second-order valence-electron chi connectivity index (χ2n) is 6.48. The van der Waals surface area contributed by atoms with Crippen molar-refractivity contribution in [2.75, 3.05) is 11.9 Å². The van der Waals surface area contributed by atoms with Crippen LogP contribution >= 0.6 is 0 Å². The molecule has 2 heterocycles. The van der Waals surface area contributed by atoms with E-state index in [0.29, 0.717) is 6.54 Å². The predicted molar refractivity (Wildman–Crippen MR) is 107 cm³/mol. The number of aromatic amines is 1. The summed E-state index contributed by atoms with van der Waals surface area (Å²) in [6.07, 6.45) is -0.595. The Balaban J connectivity index is 1.98. The van der Waals surface area contributed by atoms with Crippen molar-refractivity contribution in [3.05, 3.63) is 51.9 Å². The number of nitrogens with one attached hydrogen (secondary N) is 4. The highest BCUT2D eigenvalue weighted by Crippen LogP contribution is 2.29. The van der Waals surface area contributed by atoms with Crippen LogP contribution in [0.1, 0.15) is 30.9 Å². The zero-order valence-corrected chi connectivity index (χ0v) is 15.9. The van der Waals surface area contributed by atoms with Gasteiger partial charge in [-0.25, -0.2) is 14.5 Å². The molecule has 0 spiro atoms. The summed E-state index contributed by atoms with van der Waals surface area (Å²) in [5.74, 6) is 0.0762. The van der Waals surface area contributed by atoms with Crippen LogP contribution in [0.5, 0.6) is 0 Å². The first-order valence-electron chi connectivity index (χ1n) is 9.13. The fourth-order valence-corrected chi connectivity index (χ4v) is 2.84. The highest BCUT2D eigenvalue weighted by atomic mass is 19.4. The van der Waals surface area contributed by atoms with Crippen LogP contribution in [0.2, 0.25) is 0 Å². The maximum atomic E-state index is 12.8. The molecule has 158 valence electrons. The number of pyridine rings is 1. The number of carbonyl (C=O) groups excluding carboxylic acids is 1. The molecule has 0 bridgehead atoms. The van der Waals surface area contributed by atoms with Crippen LogP contribution < -0.4 is 16.2 Å². The lowest BCUT2D eigenvalue weighted by Crippen LogP contribution is -2.30. The Bertz CT molecular complexity index is 1130. The SMILES string of the molecule is CCCCNC(=O)Nc1ncc2c(=O)n(-c3ccc(C(F)(F)F)cc3)[nH]c2c1C=N. The first-order valence-corrected chi connectivity index (χ1v) is 9.13. The number of anilines is 1. The van der Waals surface area contributed by atoms with E-state index >= 15 is 0 Å². The number of amides is 2. The molecule has 3 aromatic rings. The number of alkyl halides is 3. The van der Waals surface area contributed by atoms with Gasteiger partial charge >= 0.3 is 12.2 Å². The monoisotopic (exact) mass is 420 g/mol. The summed E-state index contributed by atoms with van der Waals surface area (Å²) in [6, 6.07) is 3.57. The maximum Gasteiger partial charge on any atom is 0.416 e. The topological polar surface area (TPSA) is 116 Å². The molecule has 0 unspecified atom stereocenters. The lowest BCUT2D eigenvalue weighted by Gasteiger charge is -2.09. The Morgan fingerprint density at radius 2 is 2.00 bits per heavy atom. The third-order valence-electron chi connectivity index (χ3n) is 4.42.